The Morgan fingerprint density at radius 2 is 1.43 bits per heavy atom. The van der Waals surface area contributed by atoms with Gasteiger partial charge in [-0.3, -0.25) is 9.59 Å². The predicted molar refractivity (Wildman–Crippen MR) is 83.5 cm³/mol. The smallest absolute Gasteiger partial charge is 0.254 e. The summed E-state index contributed by atoms with van der Waals surface area (Å²) in [7, 11) is 0. The van der Waals surface area contributed by atoms with Crippen LogP contribution in [0.3, 0.4) is 0 Å². The molecule has 0 heterocycles. The number of rotatable bonds is 5. The average Bonchev–Trinajstić information content (AvgIpc) is 2.55. The van der Waals surface area contributed by atoms with Crippen molar-refractivity contribution < 1.29 is 18.4 Å². The second kappa shape index (κ2) is 7.13. The van der Waals surface area contributed by atoms with E-state index in [2.05, 4.69) is 0 Å². The van der Waals surface area contributed by atoms with Gasteiger partial charge in [0.2, 0.25) is 0 Å². The van der Waals surface area contributed by atoms with Crippen molar-refractivity contribution in [1.82, 2.24) is 4.90 Å². The number of carbonyl (C=O) groups excluding carboxylic acids is 2. The van der Waals surface area contributed by atoms with E-state index >= 15 is 0 Å². The fraction of sp³-hybridized carbons (Fsp3) is 0.222. The molecule has 0 atom stereocenters. The van der Waals surface area contributed by atoms with E-state index in [1.807, 2.05) is 13.8 Å². The minimum absolute atomic E-state index is 0.0199. The molecule has 0 N–H and O–H groups in total. The summed E-state index contributed by atoms with van der Waals surface area (Å²) in [5, 5.41) is 0. The van der Waals surface area contributed by atoms with Gasteiger partial charge in [-0.05, 0) is 56.3 Å². The molecule has 0 spiro atoms. The van der Waals surface area contributed by atoms with Crippen LogP contribution in [0.2, 0.25) is 0 Å². The van der Waals surface area contributed by atoms with Crippen LogP contribution in [-0.2, 0) is 0 Å². The lowest BCUT2D eigenvalue weighted by molar-refractivity contribution is 0.0768. The fourth-order valence-electron chi connectivity index (χ4n) is 2.33. The Morgan fingerprint density at radius 3 is 2.00 bits per heavy atom. The zero-order valence-electron chi connectivity index (χ0n) is 13.0. The van der Waals surface area contributed by atoms with Gasteiger partial charge >= 0.3 is 0 Å². The molecule has 3 nitrogen and oxygen atoms in total. The maximum Gasteiger partial charge on any atom is 0.254 e. The Morgan fingerprint density at radius 1 is 0.870 bits per heavy atom. The highest BCUT2D eigenvalue weighted by atomic mass is 19.1. The van der Waals surface area contributed by atoms with Gasteiger partial charge in [0, 0.05) is 24.2 Å². The summed E-state index contributed by atoms with van der Waals surface area (Å²) in [6, 6.07) is 8.44. The highest BCUT2D eigenvalue weighted by Crippen LogP contribution is 2.19. The number of ketones is 1. The molecule has 1 amide bonds. The largest absolute Gasteiger partial charge is 0.339 e. The molecule has 23 heavy (non-hydrogen) atoms. The number of nitrogens with zero attached hydrogens (tertiary/aromatic N) is 1. The van der Waals surface area contributed by atoms with Gasteiger partial charge in [-0.1, -0.05) is 0 Å². The van der Waals surface area contributed by atoms with E-state index in [-0.39, 0.29) is 22.6 Å². The molecule has 0 fully saturated rings. The average molecular weight is 317 g/mol. The summed E-state index contributed by atoms with van der Waals surface area (Å²) >= 11 is 0. The summed E-state index contributed by atoms with van der Waals surface area (Å²) in [4.78, 5) is 26.6. The Bertz CT molecular complexity index is 722. The molecule has 2 aromatic rings. The minimum atomic E-state index is -0.605. The van der Waals surface area contributed by atoms with Crippen molar-refractivity contribution >= 4 is 11.7 Å². The minimum Gasteiger partial charge on any atom is -0.339 e. The number of benzene rings is 2. The third-order valence-corrected chi connectivity index (χ3v) is 3.61. The summed E-state index contributed by atoms with van der Waals surface area (Å²) in [5.41, 5.74) is 0.323. The molecule has 0 saturated heterocycles. The second-order valence-corrected chi connectivity index (χ2v) is 5.00. The van der Waals surface area contributed by atoms with Crippen LogP contribution >= 0.6 is 0 Å². The van der Waals surface area contributed by atoms with Crippen molar-refractivity contribution in [2.45, 2.75) is 13.8 Å². The Labute approximate surface area is 133 Å². The molecule has 0 unspecified atom stereocenters. The lowest BCUT2D eigenvalue weighted by Crippen LogP contribution is -2.31. The van der Waals surface area contributed by atoms with Crippen LogP contribution < -0.4 is 0 Å². The molecule has 0 aliphatic heterocycles. The fourth-order valence-corrected chi connectivity index (χ4v) is 2.33. The summed E-state index contributed by atoms with van der Waals surface area (Å²) in [6.07, 6.45) is 0. The molecule has 2 aromatic carbocycles. The van der Waals surface area contributed by atoms with Crippen molar-refractivity contribution in [3.8, 4) is 0 Å². The van der Waals surface area contributed by atoms with Gasteiger partial charge in [0.15, 0.2) is 5.78 Å². The van der Waals surface area contributed by atoms with E-state index in [4.69, 9.17) is 0 Å². The van der Waals surface area contributed by atoms with Gasteiger partial charge in [-0.25, -0.2) is 8.78 Å². The number of amides is 1. The SMILES string of the molecule is CCN(CC)C(=O)c1ccc(F)cc1C(=O)c1ccc(F)cc1. The van der Waals surface area contributed by atoms with Crippen LogP contribution in [0.4, 0.5) is 8.78 Å². The maximum atomic E-state index is 13.6. The lowest BCUT2D eigenvalue weighted by Gasteiger charge is -2.20. The molecular weight excluding hydrogens is 300 g/mol. The third kappa shape index (κ3) is 3.62. The van der Waals surface area contributed by atoms with Gasteiger partial charge < -0.3 is 4.90 Å². The van der Waals surface area contributed by atoms with Crippen LogP contribution in [0.1, 0.15) is 40.1 Å². The first-order chi connectivity index (χ1) is 11.0. The van der Waals surface area contributed by atoms with E-state index in [1.165, 1.54) is 18.2 Å². The Hall–Kier alpha value is -2.56. The lowest BCUT2D eigenvalue weighted by atomic mass is 9.97. The van der Waals surface area contributed by atoms with Gasteiger partial charge in [0.05, 0.1) is 5.56 Å². The van der Waals surface area contributed by atoms with Crippen LogP contribution in [0, 0.1) is 11.6 Å². The molecule has 0 bridgehead atoms. The first-order valence-electron chi connectivity index (χ1n) is 7.37. The van der Waals surface area contributed by atoms with Crippen LogP contribution in [0.5, 0.6) is 0 Å². The van der Waals surface area contributed by atoms with E-state index in [0.29, 0.717) is 13.1 Å². The highest BCUT2D eigenvalue weighted by Gasteiger charge is 2.22. The molecule has 5 heteroatoms. The van der Waals surface area contributed by atoms with Gasteiger partial charge in [0.1, 0.15) is 11.6 Å². The third-order valence-electron chi connectivity index (χ3n) is 3.61. The predicted octanol–water partition coefficient (Wildman–Crippen LogP) is 3.68. The molecule has 0 radical (unpaired) electrons. The van der Waals surface area contributed by atoms with E-state index in [1.54, 1.807) is 4.90 Å². The topological polar surface area (TPSA) is 37.4 Å². The molecule has 0 aliphatic carbocycles. The normalized spacial score (nSPS) is 10.4. The first kappa shape index (κ1) is 16.8. The summed E-state index contributed by atoms with van der Waals surface area (Å²) in [6.45, 7) is 4.62. The number of hydrogen-bond acceptors (Lipinski definition) is 2. The van der Waals surface area contributed by atoms with Crippen LogP contribution in [0.15, 0.2) is 42.5 Å². The van der Waals surface area contributed by atoms with Gasteiger partial charge in [-0.15, -0.1) is 0 Å². The van der Waals surface area contributed by atoms with Crippen molar-refractivity contribution in [2.24, 2.45) is 0 Å². The monoisotopic (exact) mass is 317 g/mol. The number of carbonyl (C=O) groups is 2. The Balaban J connectivity index is 2.48. The quantitative estimate of drug-likeness (QED) is 0.789. The number of hydrogen-bond donors (Lipinski definition) is 0. The van der Waals surface area contributed by atoms with Crippen molar-refractivity contribution in [3.05, 3.63) is 70.8 Å². The summed E-state index contributed by atoms with van der Waals surface area (Å²) in [5.74, 6) is -1.92. The zero-order valence-corrected chi connectivity index (χ0v) is 13.0. The Kier molecular flexibility index (Phi) is 5.21. The standard InChI is InChI=1S/C18H17F2NO2/c1-3-21(4-2)18(23)15-10-9-14(20)11-16(15)17(22)12-5-7-13(19)8-6-12/h5-11H,3-4H2,1-2H3. The maximum absolute atomic E-state index is 13.6. The number of halogens is 2. The molecule has 120 valence electrons. The van der Waals surface area contributed by atoms with E-state index in [9.17, 15) is 18.4 Å². The molecule has 0 aromatic heterocycles. The first-order valence-corrected chi connectivity index (χ1v) is 7.37. The van der Waals surface area contributed by atoms with Crippen LogP contribution in [-0.4, -0.2) is 29.7 Å². The van der Waals surface area contributed by atoms with Crippen molar-refractivity contribution in [1.29, 1.82) is 0 Å². The molecular formula is C18H17F2NO2. The van der Waals surface area contributed by atoms with Gasteiger partial charge in [-0.2, -0.15) is 0 Å². The van der Waals surface area contributed by atoms with Crippen molar-refractivity contribution in [3.63, 3.8) is 0 Å². The highest BCUT2D eigenvalue weighted by molar-refractivity contribution is 6.15. The van der Waals surface area contributed by atoms with Crippen LogP contribution in [0.25, 0.3) is 0 Å². The molecule has 0 aliphatic rings. The molecule has 2 rings (SSSR count). The summed E-state index contributed by atoms with van der Waals surface area (Å²) < 4.78 is 26.6. The molecule has 0 saturated carbocycles. The second-order valence-electron chi connectivity index (χ2n) is 5.00. The zero-order chi connectivity index (χ0) is 17.0. The van der Waals surface area contributed by atoms with Gasteiger partial charge in [0.25, 0.3) is 5.91 Å². The van der Waals surface area contributed by atoms with Crippen molar-refractivity contribution in [2.75, 3.05) is 13.1 Å². The van der Waals surface area contributed by atoms with E-state index in [0.717, 1.165) is 24.3 Å². The van der Waals surface area contributed by atoms with E-state index < -0.39 is 17.4 Å².